The third-order valence-corrected chi connectivity index (χ3v) is 5.14. The smallest absolute Gasteiger partial charge is 0.241 e. The molecule has 5 nitrogen and oxygen atoms in total. The number of sulfonamides is 1. The third kappa shape index (κ3) is 4.17. The van der Waals surface area contributed by atoms with Crippen LogP contribution in [0, 0.1) is 18.3 Å². The maximum atomic E-state index is 12.6. The van der Waals surface area contributed by atoms with Gasteiger partial charge in [0.25, 0.3) is 0 Å². The van der Waals surface area contributed by atoms with E-state index in [0.717, 1.165) is 5.56 Å². The summed E-state index contributed by atoms with van der Waals surface area (Å²) >= 11 is 0. The largest absolute Gasteiger partial charge is 0.396 e. The van der Waals surface area contributed by atoms with Gasteiger partial charge in [-0.2, -0.15) is 5.26 Å². The third-order valence-electron chi connectivity index (χ3n) is 3.51. The summed E-state index contributed by atoms with van der Waals surface area (Å²) in [5.74, 6) is 0. The Bertz CT molecular complexity index is 811. The van der Waals surface area contributed by atoms with E-state index in [1.165, 1.54) is 18.2 Å². The lowest BCUT2D eigenvalue weighted by Gasteiger charge is -2.19. The molecule has 0 aliphatic rings. The molecule has 2 rings (SSSR count). The predicted octanol–water partition coefficient (Wildman–Crippen LogP) is 2.27. The molecule has 0 saturated heterocycles. The highest BCUT2D eigenvalue weighted by Crippen LogP contribution is 2.22. The number of benzene rings is 2. The molecule has 6 heteroatoms. The lowest BCUT2D eigenvalue weighted by Crippen LogP contribution is -2.29. The van der Waals surface area contributed by atoms with E-state index in [0.29, 0.717) is 11.1 Å². The van der Waals surface area contributed by atoms with Gasteiger partial charge in [-0.15, -0.1) is 0 Å². The summed E-state index contributed by atoms with van der Waals surface area (Å²) < 4.78 is 27.9. The summed E-state index contributed by atoms with van der Waals surface area (Å²) in [5, 5.41) is 18.1. The minimum absolute atomic E-state index is 0.131. The van der Waals surface area contributed by atoms with Crippen molar-refractivity contribution in [3.63, 3.8) is 0 Å². The Morgan fingerprint density at radius 1 is 1.22 bits per heavy atom. The SMILES string of the molecule is Cc1cc(C#N)ccc1S(=O)(=O)N[C@H](CCO)c1ccccc1. The molecule has 0 aromatic heterocycles. The summed E-state index contributed by atoms with van der Waals surface area (Å²) in [6.45, 7) is 1.52. The first kappa shape index (κ1) is 17.2. The van der Waals surface area contributed by atoms with E-state index in [1.54, 1.807) is 6.92 Å². The highest BCUT2D eigenvalue weighted by Gasteiger charge is 2.22. The zero-order valence-electron chi connectivity index (χ0n) is 12.7. The maximum Gasteiger partial charge on any atom is 0.241 e. The molecule has 0 heterocycles. The van der Waals surface area contributed by atoms with Gasteiger partial charge in [-0.3, -0.25) is 0 Å². The van der Waals surface area contributed by atoms with E-state index < -0.39 is 16.1 Å². The van der Waals surface area contributed by atoms with E-state index in [2.05, 4.69) is 4.72 Å². The molecular weight excluding hydrogens is 312 g/mol. The van der Waals surface area contributed by atoms with Crippen molar-refractivity contribution >= 4 is 10.0 Å². The molecule has 0 unspecified atom stereocenters. The first-order valence-corrected chi connectivity index (χ1v) is 8.65. The summed E-state index contributed by atoms with van der Waals surface area (Å²) in [4.78, 5) is 0.135. The molecule has 0 amide bonds. The molecule has 1 atom stereocenters. The van der Waals surface area contributed by atoms with Crippen LogP contribution in [-0.2, 0) is 10.0 Å². The van der Waals surface area contributed by atoms with Gasteiger partial charge in [0.2, 0.25) is 10.0 Å². The number of hydrogen-bond acceptors (Lipinski definition) is 4. The molecule has 120 valence electrons. The van der Waals surface area contributed by atoms with Gasteiger partial charge in [0.1, 0.15) is 0 Å². The van der Waals surface area contributed by atoms with Gasteiger partial charge in [0.05, 0.1) is 16.5 Å². The van der Waals surface area contributed by atoms with Crippen LogP contribution in [0.5, 0.6) is 0 Å². The lowest BCUT2D eigenvalue weighted by atomic mass is 10.1. The molecule has 0 radical (unpaired) electrons. The topological polar surface area (TPSA) is 90.2 Å². The number of aliphatic hydroxyl groups is 1. The number of aliphatic hydroxyl groups excluding tert-OH is 1. The summed E-state index contributed by atoms with van der Waals surface area (Å²) in [7, 11) is -3.76. The molecule has 0 saturated carbocycles. The number of nitriles is 1. The second kappa shape index (κ2) is 7.38. The average Bonchev–Trinajstić information content (AvgIpc) is 2.54. The van der Waals surface area contributed by atoms with Crippen molar-refractivity contribution in [3.05, 3.63) is 65.2 Å². The Hall–Kier alpha value is -2.20. The standard InChI is InChI=1S/C17H18N2O3S/c1-13-11-14(12-18)7-8-17(13)23(21,22)19-16(9-10-20)15-5-3-2-4-6-15/h2-8,11,16,19-20H,9-10H2,1H3/t16-/m1/s1. The molecule has 0 bridgehead atoms. The fourth-order valence-electron chi connectivity index (χ4n) is 2.38. The number of hydrogen-bond donors (Lipinski definition) is 2. The average molecular weight is 330 g/mol. The monoisotopic (exact) mass is 330 g/mol. The molecule has 2 aromatic rings. The quantitative estimate of drug-likeness (QED) is 0.850. The van der Waals surface area contributed by atoms with Crippen LogP contribution < -0.4 is 4.72 Å². The summed E-state index contributed by atoms with van der Waals surface area (Å²) in [6.07, 6.45) is 0.276. The van der Waals surface area contributed by atoms with Crippen LogP contribution in [0.25, 0.3) is 0 Å². The molecule has 0 fully saturated rings. The van der Waals surface area contributed by atoms with Gasteiger partial charge in [-0.1, -0.05) is 30.3 Å². The Labute approximate surface area is 136 Å². The van der Waals surface area contributed by atoms with Crippen molar-refractivity contribution < 1.29 is 13.5 Å². The minimum atomic E-state index is -3.76. The fourth-order valence-corrected chi connectivity index (χ4v) is 3.86. The van der Waals surface area contributed by atoms with Crippen LogP contribution in [0.4, 0.5) is 0 Å². The molecule has 2 aromatic carbocycles. The van der Waals surface area contributed by atoms with Gasteiger partial charge in [0.15, 0.2) is 0 Å². The van der Waals surface area contributed by atoms with Crippen molar-refractivity contribution in [1.29, 1.82) is 5.26 Å². The molecule has 0 aliphatic carbocycles. The van der Waals surface area contributed by atoms with Crippen LogP contribution >= 0.6 is 0 Å². The number of nitrogens with one attached hydrogen (secondary N) is 1. The van der Waals surface area contributed by atoms with E-state index in [-0.39, 0.29) is 17.9 Å². The van der Waals surface area contributed by atoms with Crippen molar-refractivity contribution in [2.45, 2.75) is 24.3 Å². The molecule has 23 heavy (non-hydrogen) atoms. The van der Waals surface area contributed by atoms with Gasteiger partial charge in [-0.05, 0) is 42.7 Å². The van der Waals surface area contributed by atoms with Gasteiger partial charge in [0, 0.05) is 12.6 Å². The van der Waals surface area contributed by atoms with E-state index >= 15 is 0 Å². The fraction of sp³-hybridized carbons (Fsp3) is 0.235. The normalized spacial score (nSPS) is 12.6. The Morgan fingerprint density at radius 3 is 2.48 bits per heavy atom. The zero-order valence-corrected chi connectivity index (χ0v) is 13.5. The molecule has 0 aliphatic heterocycles. The van der Waals surface area contributed by atoms with Crippen molar-refractivity contribution in [1.82, 2.24) is 4.72 Å². The molecule has 0 spiro atoms. The zero-order chi connectivity index (χ0) is 16.9. The Balaban J connectivity index is 2.34. The van der Waals surface area contributed by atoms with Crippen LogP contribution in [0.2, 0.25) is 0 Å². The maximum absolute atomic E-state index is 12.6. The first-order chi connectivity index (χ1) is 11.0. The highest BCUT2D eigenvalue weighted by atomic mass is 32.2. The highest BCUT2D eigenvalue weighted by molar-refractivity contribution is 7.89. The second-order valence-corrected chi connectivity index (χ2v) is 6.87. The Kier molecular flexibility index (Phi) is 5.50. The van der Waals surface area contributed by atoms with E-state index in [9.17, 15) is 13.5 Å². The minimum Gasteiger partial charge on any atom is -0.396 e. The van der Waals surface area contributed by atoms with Crippen LogP contribution in [0.15, 0.2) is 53.4 Å². The van der Waals surface area contributed by atoms with Gasteiger partial charge >= 0.3 is 0 Å². The Morgan fingerprint density at radius 2 is 1.91 bits per heavy atom. The van der Waals surface area contributed by atoms with Crippen LogP contribution in [0.1, 0.15) is 29.2 Å². The molecule has 2 N–H and O–H groups in total. The predicted molar refractivity (Wildman–Crippen MR) is 87.1 cm³/mol. The second-order valence-electron chi connectivity index (χ2n) is 5.19. The summed E-state index contributed by atoms with van der Waals surface area (Å²) in [6, 6.07) is 15.0. The number of nitrogens with zero attached hydrogens (tertiary/aromatic N) is 1. The van der Waals surface area contributed by atoms with Crippen LogP contribution in [-0.4, -0.2) is 20.1 Å². The van der Waals surface area contributed by atoms with Gasteiger partial charge < -0.3 is 5.11 Å². The van der Waals surface area contributed by atoms with Crippen molar-refractivity contribution in [2.24, 2.45) is 0 Å². The number of rotatable bonds is 6. The van der Waals surface area contributed by atoms with Gasteiger partial charge in [-0.25, -0.2) is 13.1 Å². The number of aryl methyl sites for hydroxylation is 1. The first-order valence-electron chi connectivity index (χ1n) is 7.17. The van der Waals surface area contributed by atoms with Crippen molar-refractivity contribution in [3.8, 4) is 6.07 Å². The van der Waals surface area contributed by atoms with Crippen molar-refractivity contribution in [2.75, 3.05) is 6.61 Å². The van der Waals surface area contributed by atoms with E-state index in [1.807, 2.05) is 36.4 Å². The summed E-state index contributed by atoms with van der Waals surface area (Å²) in [5.41, 5.74) is 1.71. The lowest BCUT2D eigenvalue weighted by molar-refractivity contribution is 0.272. The molecular formula is C17H18N2O3S. The van der Waals surface area contributed by atoms with Crippen LogP contribution in [0.3, 0.4) is 0 Å². The van der Waals surface area contributed by atoms with E-state index in [4.69, 9.17) is 5.26 Å².